The molecule has 2 rings (SSSR count). The standard InChI is InChI=1S/C16H17F2NO2/c1-20-15-5-3-4-12(16(15)21-2)14(19)8-10-6-7-11(17)9-13(10)18/h3-7,9,14H,8,19H2,1-2H3. The molecule has 0 amide bonds. The second-order valence-corrected chi connectivity index (χ2v) is 4.63. The van der Waals surface area contributed by atoms with E-state index in [0.29, 0.717) is 22.6 Å². The molecule has 2 aromatic carbocycles. The van der Waals surface area contributed by atoms with Gasteiger partial charge < -0.3 is 15.2 Å². The normalized spacial score (nSPS) is 12.0. The first-order valence-corrected chi connectivity index (χ1v) is 6.47. The molecule has 0 aromatic heterocycles. The summed E-state index contributed by atoms with van der Waals surface area (Å²) in [6, 6.07) is 8.32. The molecule has 0 saturated carbocycles. The van der Waals surface area contributed by atoms with Gasteiger partial charge in [0.05, 0.1) is 14.2 Å². The van der Waals surface area contributed by atoms with Gasteiger partial charge in [-0.2, -0.15) is 0 Å². The highest BCUT2D eigenvalue weighted by Gasteiger charge is 2.17. The quantitative estimate of drug-likeness (QED) is 0.920. The van der Waals surface area contributed by atoms with Gasteiger partial charge in [0.15, 0.2) is 11.5 Å². The number of ether oxygens (including phenoxy) is 2. The Labute approximate surface area is 122 Å². The topological polar surface area (TPSA) is 44.5 Å². The van der Waals surface area contributed by atoms with E-state index in [9.17, 15) is 8.78 Å². The van der Waals surface area contributed by atoms with Crippen molar-refractivity contribution in [3.05, 3.63) is 59.2 Å². The summed E-state index contributed by atoms with van der Waals surface area (Å²) in [7, 11) is 3.05. The summed E-state index contributed by atoms with van der Waals surface area (Å²) >= 11 is 0. The van der Waals surface area contributed by atoms with Gasteiger partial charge >= 0.3 is 0 Å². The summed E-state index contributed by atoms with van der Waals surface area (Å²) in [5.41, 5.74) is 7.20. The maximum absolute atomic E-state index is 13.7. The van der Waals surface area contributed by atoms with E-state index >= 15 is 0 Å². The molecule has 0 heterocycles. The molecule has 2 aromatic rings. The van der Waals surface area contributed by atoms with Crippen molar-refractivity contribution in [2.75, 3.05) is 14.2 Å². The molecule has 0 spiro atoms. The van der Waals surface area contributed by atoms with Crippen LogP contribution in [0.25, 0.3) is 0 Å². The van der Waals surface area contributed by atoms with E-state index in [0.717, 1.165) is 6.07 Å². The molecule has 0 aliphatic carbocycles. The van der Waals surface area contributed by atoms with Gasteiger partial charge in [0.25, 0.3) is 0 Å². The fraction of sp³-hybridized carbons (Fsp3) is 0.250. The number of methoxy groups -OCH3 is 2. The first-order valence-electron chi connectivity index (χ1n) is 6.47. The average molecular weight is 293 g/mol. The van der Waals surface area contributed by atoms with E-state index in [4.69, 9.17) is 15.2 Å². The molecular formula is C16H17F2NO2. The van der Waals surface area contributed by atoms with Gasteiger partial charge in [-0.05, 0) is 24.1 Å². The Morgan fingerprint density at radius 3 is 2.48 bits per heavy atom. The maximum Gasteiger partial charge on any atom is 0.165 e. The molecule has 0 fully saturated rings. The largest absolute Gasteiger partial charge is 0.493 e. The Morgan fingerprint density at radius 1 is 1.10 bits per heavy atom. The van der Waals surface area contributed by atoms with Crippen molar-refractivity contribution < 1.29 is 18.3 Å². The van der Waals surface area contributed by atoms with Gasteiger partial charge in [-0.1, -0.05) is 18.2 Å². The second kappa shape index (κ2) is 6.54. The SMILES string of the molecule is COc1cccc(C(N)Cc2ccc(F)cc2F)c1OC. The van der Waals surface area contributed by atoms with Crippen LogP contribution in [0.3, 0.4) is 0 Å². The van der Waals surface area contributed by atoms with Crippen molar-refractivity contribution in [1.29, 1.82) is 0 Å². The number of hydrogen-bond donors (Lipinski definition) is 1. The van der Waals surface area contributed by atoms with E-state index in [2.05, 4.69) is 0 Å². The third kappa shape index (κ3) is 3.31. The molecule has 1 unspecified atom stereocenters. The minimum absolute atomic E-state index is 0.232. The molecule has 1 atom stereocenters. The molecule has 2 N–H and O–H groups in total. The number of hydrogen-bond acceptors (Lipinski definition) is 3. The van der Waals surface area contributed by atoms with Gasteiger partial charge in [0.2, 0.25) is 0 Å². The molecular weight excluding hydrogens is 276 g/mol. The number of halogens is 2. The van der Waals surface area contributed by atoms with E-state index in [1.54, 1.807) is 18.2 Å². The highest BCUT2D eigenvalue weighted by Crippen LogP contribution is 2.35. The number of benzene rings is 2. The predicted octanol–water partition coefficient (Wildman–Crippen LogP) is 3.22. The zero-order valence-corrected chi connectivity index (χ0v) is 11.9. The molecule has 3 nitrogen and oxygen atoms in total. The highest BCUT2D eigenvalue weighted by atomic mass is 19.1. The fourth-order valence-corrected chi connectivity index (χ4v) is 2.24. The molecule has 21 heavy (non-hydrogen) atoms. The monoisotopic (exact) mass is 293 g/mol. The van der Waals surface area contributed by atoms with Crippen LogP contribution in [0.4, 0.5) is 8.78 Å². The van der Waals surface area contributed by atoms with Crippen molar-refractivity contribution in [3.8, 4) is 11.5 Å². The van der Waals surface area contributed by atoms with Gasteiger partial charge in [-0.3, -0.25) is 0 Å². The average Bonchev–Trinajstić information content (AvgIpc) is 2.49. The molecule has 112 valence electrons. The predicted molar refractivity (Wildman–Crippen MR) is 76.5 cm³/mol. The Hall–Kier alpha value is -2.14. The molecule has 0 saturated heterocycles. The zero-order chi connectivity index (χ0) is 15.4. The van der Waals surface area contributed by atoms with Crippen LogP contribution in [0, 0.1) is 11.6 Å². The van der Waals surface area contributed by atoms with Crippen LogP contribution in [0.15, 0.2) is 36.4 Å². The molecule has 0 radical (unpaired) electrons. The lowest BCUT2D eigenvalue weighted by Crippen LogP contribution is -2.15. The minimum atomic E-state index is -0.608. The molecule has 0 aliphatic rings. The maximum atomic E-state index is 13.7. The smallest absolute Gasteiger partial charge is 0.165 e. The number of nitrogens with two attached hydrogens (primary N) is 1. The lowest BCUT2D eigenvalue weighted by Gasteiger charge is -2.18. The van der Waals surface area contributed by atoms with Gasteiger partial charge in [-0.25, -0.2) is 8.78 Å². The summed E-state index contributed by atoms with van der Waals surface area (Å²) in [5, 5.41) is 0. The van der Waals surface area contributed by atoms with Crippen LogP contribution in [-0.4, -0.2) is 14.2 Å². The third-order valence-electron chi connectivity index (χ3n) is 3.29. The van der Waals surface area contributed by atoms with E-state index in [1.165, 1.54) is 26.4 Å². The first kappa shape index (κ1) is 15.3. The number of rotatable bonds is 5. The van der Waals surface area contributed by atoms with Crippen molar-refractivity contribution in [1.82, 2.24) is 0 Å². The van der Waals surface area contributed by atoms with Crippen LogP contribution in [-0.2, 0) is 6.42 Å². The Bertz CT molecular complexity index is 632. The summed E-state index contributed by atoms with van der Waals surface area (Å²) in [6.45, 7) is 0. The van der Waals surface area contributed by atoms with Crippen LogP contribution in [0.2, 0.25) is 0 Å². The second-order valence-electron chi connectivity index (χ2n) is 4.63. The summed E-state index contributed by atoms with van der Waals surface area (Å²) in [4.78, 5) is 0. The lowest BCUT2D eigenvalue weighted by molar-refractivity contribution is 0.349. The van der Waals surface area contributed by atoms with Crippen molar-refractivity contribution in [2.45, 2.75) is 12.5 Å². The van der Waals surface area contributed by atoms with Crippen molar-refractivity contribution >= 4 is 0 Å². The Morgan fingerprint density at radius 2 is 1.86 bits per heavy atom. The summed E-state index contributed by atoms with van der Waals surface area (Å²) in [5.74, 6) is -0.129. The minimum Gasteiger partial charge on any atom is -0.493 e. The molecule has 0 aliphatic heterocycles. The third-order valence-corrected chi connectivity index (χ3v) is 3.29. The first-order chi connectivity index (χ1) is 10.1. The Balaban J connectivity index is 2.30. The summed E-state index contributed by atoms with van der Waals surface area (Å²) < 4.78 is 37.1. The zero-order valence-electron chi connectivity index (χ0n) is 11.9. The van der Waals surface area contributed by atoms with E-state index in [1.807, 2.05) is 0 Å². The van der Waals surface area contributed by atoms with Crippen LogP contribution in [0.1, 0.15) is 17.2 Å². The lowest BCUT2D eigenvalue weighted by atomic mass is 9.98. The Kier molecular flexibility index (Phi) is 4.75. The van der Waals surface area contributed by atoms with Crippen LogP contribution >= 0.6 is 0 Å². The van der Waals surface area contributed by atoms with Gasteiger partial charge in [0.1, 0.15) is 11.6 Å². The van der Waals surface area contributed by atoms with E-state index < -0.39 is 17.7 Å². The summed E-state index contributed by atoms with van der Waals surface area (Å²) in [6.07, 6.45) is 0.232. The van der Waals surface area contributed by atoms with Gasteiger partial charge in [-0.15, -0.1) is 0 Å². The van der Waals surface area contributed by atoms with Crippen molar-refractivity contribution in [3.63, 3.8) is 0 Å². The highest BCUT2D eigenvalue weighted by molar-refractivity contribution is 5.48. The molecule has 0 bridgehead atoms. The van der Waals surface area contributed by atoms with Gasteiger partial charge in [0, 0.05) is 17.7 Å². The molecule has 5 heteroatoms. The van der Waals surface area contributed by atoms with Crippen molar-refractivity contribution in [2.24, 2.45) is 5.73 Å². The van der Waals surface area contributed by atoms with Crippen LogP contribution in [0.5, 0.6) is 11.5 Å². The van der Waals surface area contributed by atoms with Crippen LogP contribution < -0.4 is 15.2 Å². The van der Waals surface area contributed by atoms with E-state index in [-0.39, 0.29) is 6.42 Å². The fourth-order valence-electron chi connectivity index (χ4n) is 2.24. The number of para-hydroxylation sites is 1.